The summed E-state index contributed by atoms with van der Waals surface area (Å²) in [5.41, 5.74) is 1.10. The number of nitrogens with one attached hydrogen (secondary N) is 1. The van der Waals surface area contributed by atoms with Crippen LogP contribution in [0.15, 0.2) is 36.8 Å². The van der Waals surface area contributed by atoms with Gasteiger partial charge in [0.2, 0.25) is 0 Å². The van der Waals surface area contributed by atoms with Crippen LogP contribution in [0.1, 0.15) is 26.2 Å². The standard InChI is InChI=1S/C16H21N5/c1-12-9-14(11-20(12)15-4-5-15)19-13-3-6-16(17-10-13)21-8-2-7-18-21/h2-3,6-8,10,12,14-15,19H,4-5,9,11H2,1H3. The summed E-state index contributed by atoms with van der Waals surface area (Å²) in [6.07, 6.45) is 9.56. The van der Waals surface area contributed by atoms with Gasteiger partial charge in [0.15, 0.2) is 5.82 Å². The molecule has 3 heterocycles. The molecule has 4 rings (SSSR count). The third kappa shape index (κ3) is 2.65. The summed E-state index contributed by atoms with van der Waals surface area (Å²) in [6, 6.07) is 8.09. The summed E-state index contributed by atoms with van der Waals surface area (Å²) >= 11 is 0. The maximum absolute atomic E-state index is 4.47. The molecular formula is C16H21N5. The minimum absolute atomic E-state index is 0.540. The fourth-order valence-electron chi connectivity index (χ4n) is 3.32. The summed E-state index contributed by atoms with van der Waals surface area (Å²) in [4.78, 5) is 7.13. The molecule has 5 nitrogen and oxygen atoms in total. The molecule has 1 N–H and O–H groups in total. The van der Waals surface area contributed by atoms with E-state index >= 15 is 0 Å². The molecule has 2 aromatic rings. The molecule has 2 aliphatic rings. The Labute approximate surface area is 125 Å². The van der Waals surface area contributed by atoms with E-state index < -0.39 is 0 Å². The summed E-state index contributed by atoms with van der Waals surface area (Å²) < 4.78 is 1.77. The van der Waals surface area contributed by atoms with Crippen LogP contribution in [-0.4, -0.2) is 44.3 Å². The van der Waals surface area contributed by atoms with Crippen molar-refractivity contribution < 1.29 is 0 Å². The summed E-state index contributed by atoms with van der Waals surface area (Å²) in [5, 5.41) is 7.82. The van der Waals surface area contributed by atoms with Gasteiger partial charge in [-0.3, -0.25) is 4.90 Å². The summed E-state index contributed by atoms with van der Waals surface area (Å²) in [6.45, 7) is 3.51. The zero-order valence-electron chi connectivity index (χ0n) is 12.3. The second kappa shape index (κ2) is 5.15. The molecule has 0 amide bonds. The van der Waals surface area contributed by atoms with Gasteiger partial charge in [-0.2, -0.15) is 5.10 Å². The van der Waals surface area contributed by atoms with Crippen LogP contribution in [0, 0.1) is 0 Å². The molecule has 2 fully saturated rings. The van der Waals surface area contributed by atoms with Gasteiger partial charge < -0.3 is 5.32 Å². The van der Waals surface area contributed by atoms with Crippen LogP contribution >= 0.6 is 0 Å². The van der Waals surface area contributed by atoms with Crippen molar-refractivity contribution in [2.75, 3.05) is 11.9 Å². The lowest BCUT2D eigenvalue weighted by molar-refractivity contribution is 0.257. The van der Waals surface area contributed by atoms with Gasteiger partial charge in [-0.05, 0) is 44.4 Å². The number of aromatic nitrogens is 3. The van der Waals surface area contributed by atoms with E-state index in [9.17, 15) is 0 Å². The third-order valence-corrected chi connectivity index (χ3v) is 4.50. The first-order valence-corrected chi connectivity index (χ1v) is 7.78. The summed E-state index contributed by atoms with van der Waals surface area (Å²) in [5.74, 6) is 0.852. The molecule has 0 aromatic carbocycles. The normalized spacial score (nSPS) is 26.1. The fourth-order valence-corrected chi connectivity index (χ4v) is 3.32. The van der Waals surface area contributed by atoms with Crippen molar-refractivity contribution >= 4 is 5.69 Å². The van der Waals surface area contributed by atoms with Crippen molar-refractivity contribution in [1.29, 1.82) is 0 Å². The van der Waals surface area contributed by atoms with Gasteiger partial charge in [-0.15, -0.1) is 0 Å². The van der Waals surface area contributed by atoms with E-state index in [4.69, 9.17) is 0 Å². The first-order valence-electron chi connectivity index (χ1n) is 7.78. The van der Waals surface area contributed by atoms with Crippen molar-refractivity contribution in [2.24, 2.45) is 0 Å². The van der Waals surface area contributed by atoms with E-state index in [1.54, 1.807) is 10.9 Å². The molecule has 2 unspecified atom stereocenters. The van der Waals surface area contributed by atoms with Crippen LogP contribution in [0.3, 0.4) is 0 Å². The Morgan fingerprint density at radius 2 is 2.19 bits per heavy atom. The first kappa shape index (κ1) is 12.8. The highest BCUT2D eigenvalue weighted by molar-refractivity contribution is 5.44. The molecule has 5 heteroatoms. The average molecular weight is 283 g/mol. The van der Waals surface area contributed by atoms with Crippen molar-refractivity contribution in [3.8, 4) is 5.82 Å². The Bertz CT molecular complexity index is 588. The van der Waals surface area contributed by atoms with E-state index in [2.05, 4.69) is 33.3 Å². The van der Waals surface area contributed by atoms with E-state index in [0.29, 0.717) is 12.1 Å². The Morgan fingerprint density at radius 1 is 1.29 bits per heavy atom. The number of pyridine rings is 1. The number of nitrogens with zero attached hydrogens (tertiary/aromatic N) is 4. The zero-order chi connectivity index (χ0) is 14.2. The van der Waals surface area contributed by atoms with Crippen LogP contribution in [0.25, 0.3) is 5.82 Å². The minimum atomic E-state index is 0.540. The number of hydrogen-bond donors (Lipinski definition) is 1. The molecule has 0 radical (unpaired) electrons. The van der Waals surface area contributed by atoms with Gasteiger partial charge in [-0.25, -0.2) is 9.67 Å². The SMILES string of the molecule is CC1CC(Nc2ccc(-n3cccn3)nc2)CN1C1CC1. The highest BCUT2D eigenvalue weighted by atomic mass is 15.3. The first-order chi connectivity index (χ1) is 10.3. The zero-order valence-corrected chi connectivity index (χ0v) is 12.3. The molecule has 1 aliphatic heterocycles. The minimum Gasteiger partial charge on any atom is -0.380 e. The van der Waals surface area contributed by atoms with Crippen LogP contribution in [0.4, 0.5) is 5.69 Å². The Balaban J connectivity index is 1.41. The van der Waals surface area contributed by atoms with Crippen LogP contribution in [-0.2, 0) is 0 Å². The maximum Gasteiger partial charge on any atom is 0.153 e. The quantitative estimate of drug-likeness (QED) is 0.935. The highest BCUT2D eigenvalue weighted by Crippen LogP contribution is 2.34. The predicted molar refractivity (Wildman–Crippen MR) is 82.6 cm³/mol. The molecule has 1 saturated heterocycles. The monoisotopic (exact) mass is 283 g/mol. The number of hydrogen-bond acceptors (Lipinski definition) is 4. The number of rotatable bonds is 4. The predicted octanol–water partition coefficient (Wildman–Crippen LogP) is 2.30. The van der Waals surface area contributed by atoms with Gasteiger partial charge in [0.05, 0.1) is 11.9 Å². The Kier molecular flexibility index (Phi) is 3.15. The van der Waals surface area contributed by atoms with Crippen molar-refractivity contribution in [2.45, 2.75) is 44.3 Å². The molecule has 1 saturated carbocycles. The number of likely N-dealkylation sites (tertiary alicyclic amines) is 1. The molecule has 0 bridgehead atoms. The van der Waals surface area contributed by atoms with Crippen LogP contribution in [0.5, 0.6) is 0 Å². The third-order valence-electron chi connectivity index (χ3n) is 4.50. The van der Waals surface area contributed by atoms with Crippen molar-refractivity contribution in [3.05, 3.63) is 36.8 Å². The summed E-state index contributed by atoms with van der Waals surface area (Å²) in [7, 11) is 0. The van der Waals surface area contributed by atoms with Crippen molar-refractivity contribution in [3.63, 3.8) is 0 Å². The van der Waals surface area contributed by atoms with Crippen molar-refractivity contribution in [1.82, 2.24) is 19.7 Å². The molecule has 0 spiro atoms. The van der Waals surface area contributed by atoms with Gasteiger partial charge in [0, 0.05) is 37.1 Å². The van der Waals surface area contributed by atoms with E-state index in [-0.39, 0.29) is 0 Å². The maximum atomic E-state index is 4.47. The molecule has 21 heavy (non-hydrogen) atoms. The van der Waals surface area contributed by atoms with Gasteiger partial charge in [0.1, 0.15) is 0 Å². The second-order valence-electron chi connectivity index (χ2n) is 6.21. The van der Waals surface area contributed by atoms with Crippen LogP contribution in [0.2, 0.25) is 0 Å². The lowest BCUT2D eigenvalue weighted by atomic mass is 10.2. The molecule has 110 valence electrons. The highest BCUT2D eigenvalue weighted by Gasteiger charge is 2.38. The lowest BCUT2D eigenvalue weighted by Crippen LogP contribution is -2.31. The van der Waals surface area contributed by atoms with Crippen LogP contribution < -0.4 is 5.32 Å². The lowest BCUT2D eigenvalue weighted by Gasteiger charge is -2.19. The average Bonchev–Trinajstić information content (AvgIpc) is 3.05. The van der Waals surface area contributed by atoms with E-state index in [1.807, 2.05) is 24.5 Å². The molecule has 2 atom stereocenters. The number of anilines is 1. The van der Waals surface area contributed by atoms with E-state index in [0.717, 1.165) is 24.1 Å². The fraction of sp³-hybridized carbons (Fsp3) is 0.500. The van der Waals surface area contributed by atoms with Gasteiger partial charge in [-0.1, -0.05) is 0 Å². The van der Waals surface area contributed by atoms with Gasteiger partial charge in [0.25, 0.3) is 0 Å². The Morgan fingerprint density at radius 3 is 2.86 bits per heavy atom. The Hall–Kier alpha value is -1.88. The largest absolute Gasteiger partial charge is 0.380 e. The molecular weight excluding hydrogens is 262 g/mol. The smallest absolute Gasteiger partial charge is 0.153 e. The molecule has 1 aliphatic carbocycles. The van der Waals surface area contributed by atoms with E-state index in [1.165, 1.54) is 19.3 Å². The second-order valence-corrected chi connectivity index (χ2v) is 6.21. The molecule has 2 aromatic heterocycles. The van der Waals surface area contributed by atoms with Gasteiger partial charge >= 0.3 is 0 Å². The topological polar surface area (TPSA) is 46.0 Å².